The molecule has 7 heterocycles. The average Bonchev–Trinajstić information content (AvgIpc) is 0.944. The molecule has 0 amide bonds. The highest BCUT2D eigenvalue weighted by atomic mass is 16.5. The first kappa shape index (κ1) is 67.4. The zero-order valence-corrected chi connectivity index (χ0v) is 56.3. The van der Waals surface area contributed by atoms with Crippen LogP contribution in [0.3, 0.4) is 0 Å². The number of fused-ring (bicyclic) bond motifs is 18. The molecule has 6 atom stereocenters. The Kier molecular flexibility index (Phi) is 20.0. The van der Waals surface area contributed by atoms with Gasteiger partial charge in [0, 0.05) is 144 Å². The number of aromatic nitrogens is 3. The van der Waals surface area contributed by atoms with E-state index in [1.165, 1.54) is 37.5 Å². The molecule has 2 aliphatic carbocycles. The van der Waals surface area contributed by atoms with E-state index in [1.54, 1.807) is 45.9 Å². The second kappa shape index (κ2) is 27.3. The number of benzene rings is 3. The van der Waals surface area contributed by atoms with E-state index in [2.05, 4.69) is 98.6 Å². The van der Waals surface area contributed by atoms with Gasteiger partial charge in [0.2, 0.25) is 0 Å². The summed E-state index contributed by atoms with van der Waals surface area (Å²) in [5.41, 5.74) is 11.4. The van der Waals surface area contributed by atoms with Crippen molar-refractivity contribution in [2.75, 3.05) is 67.6 Å². The summed E-state index contributed by atoms with van der Waals surface area (Å²) in [4.78, 5) is 73.8. The van der Waals surface area contributed by atoms with Gasteiger partial charge >= 0.3 is 5.97 Å². The number of aryl methyl sites for hydroxylation is 3. The Bertz CT molecular complexity index is 3830. The molecule has 92 heavy (non-hydrogen) atoms. The van der Waals surface area contributed by atoms with Gasteiger partial charge < -0.3 is 52.0 Å². The predicted octanol–water partition coefficient (Wildman–Crippen LogP) is 14.0. The summed E-state index contributed by atoms with van der Waals surface area (Å²) in [6.45, 7) is 26.6. The zero-order valence-electron chi connectivity index (χ0n) is 56.3. The summed E-state index contributed by atoms with van der Waals surface area (Å²) in [5.74, 6) is 1.76. The van der Waals surface area contributed by atoms with Crippen LogP contribution >= 0.6 is 0 Å². The molecule has 6 aromatic rings. The zero-order chi connectivity index (χ0) is 66.3. The lowest BCUT2D eigenvalue weighted by Gasteiger charge is -2.49. The molecule has 492 valence electrons. The highest BCUT2D eigenvalue weighted by Gasteiger charge is 2.50. The van der Waals surface area contributed by atoms with Crippen LogP contribution in [0.5, 0.6) is 17.2 Å². The average molecular weight is 1260 g/mol. The number of carbonyl (C=O) groups excluding carboxylic acids is 2. The number of pyridine rings is 3. The normalized spacial score (nSPS) is 21.0. The number of ketones is 2. The number of methoxy groups -OCH3 is 3. The molecule has 0 radical (unpaired) electrons. The van der Waals surface area contributed by atoms with Gasteiger partial charge in [-0.15, -0.1) is 0 Å². The molecular weight excluding hydrogens is 1170 g/mol. The van der Waals surface area contributed by atoms with Crippen molar-refractivity contribution in [2.45, 2.75) is 175 Å². The van der Waals surface area contributed by atoms with E-state index in [9.17, 15) is 33.9 Å². The molecule has 5 unspecified atom stereocenters. The Morgan fingerprint density at radius 1 is 0.489 bits per heavy atom. The quantitative estimate of drug-likeness (QED) is 0.0629. The third kappa shape index (κ3) is 13.1. The molecule has 17 nitrogen and oxygen atoms in total. The van der Waals surface area contributed by atoms with E-state index >= 15 is 0 Å². The van der Waals surface area contributed by atoms with Gasteiger partial charge in [-0.2, -0.15) is 0 Å². The Balaban J connectivity index is 0.000000151. The molecule has 6 aliphatic rings. The monoisotopic (exact) mass is 1260 g/mol. The SMILES string of the molecule is COCCCOc1cc2c(cc1C)-c1cc(=O)c(C(=O)O)cn1C1C2CCCC1(C)C.COCCCOc1cc2c(cc1C)-c1cc(=O)c(C(C)=O)cn1C1C2CCCC1(C)C.COCCCOc1cc2c(cc1C)-c1cc(=O)c(C(C)=O)cn1C1[C@@H]2COC1(C)C. The van der Waals surface area contributed by atoms with Crippen LogP contribution in [0, 0.1) is 31.6 Å². The molecule has 3 aromatic carbocycles. The molecule has 0 bridgehead atoms. The molecule has 1 saturated heterocycles. The van der Waals surface area contributed by atoms with E-state index in [4.69, 9.17) is 33.2 Å². The lowest BCUT2D eigenvalue weighted by Crippen LogP contribution is -2.40. The van der Waals surface area contributed by atoms with Gasteiger partial charge in [0.1, 0.15) is 22.8 Å². The minimum atomic E-state index is -1.17. The van der Waals surface area contributed by atoms with Crippen LogP contribution < -0.4 is 30.5 Å². The first-order valence-electron chi connectivity index (χ1n) is 32.7. The third-order valence-corrected chi connectivity index (χ3v) is 20.2. The van der Waals surface area contributed by atoms with E-state index in [0.29, 0.717) is 52.2 Å². The number of carboxylic acids is 1. The van der Waals surface area contributed by atoms with Crippen LogP contribution in [-0.4, -0.2) is 110 Å². The van der Waals surface area contributed by atoms with Crippen molar-refractivity contribution in [2.24, 2.45) is 10.8 Å². The van der Waals surface area contributed by atoms with Crippen molar-refractivity contribution in [3.8, 4) is 51.0 Å². The number of hydrogen-bond donors (Lipinski definition) is 1. The minimum absolute atomic E-state index is 0.0113. The Hall–Kier alpha value is -7.44. The number of rotatable bonds is 18. The Morgan fingerprint density at radius 3 is 1.17 bits per heavy atom. The molecule has 0 spiro atoms. The largest absolute Gasteiger partial charge is 0.493 e. The van der Waals surface area contributed by atoms with Crippen molar-refractivity contribution in [1.82, 2.24) is 13.7 Å². The highest BCUT2D eigenvalue weighted by molar-refractivity contribution is 5.95. The van der Waals surface area contributed by atoms with E-state index in [1.807, 2.05) is 20.0 Å². The molecule has 3 aromatic heterocycles. The lowest BCUT2D eigenvalue weighted by molar-refractivity contribution is 0.0145. The van der Waals surface area contributed by atoms with Gasteiger partial charge in [0.05, 0.1) is 66.3 Å². The highest BCUT2D eigenvalue weighted by Crippen LogP contribution is 2.59. The van der Waals surface area contributed by atoms with Crippen molar-refractivity contribution < 1.29 is 52.6 Å². The maximum absolute atomic E-state index is 12.7. The number of nitrogens with zero attached hydrogens (tertiary/aromatic N) is 3. The molecular formula is C75H93N3O14. The van der Waals surface area contributed by atoms with Crippen LogP contribution in [0.4, 0.5) is 0 Å². The molecule has 17 heteroatoms. The van der Waals surface area contributed by atoms with Gasteiger partial charge in [-0.3, -0.25) is 24.0 Å². The van der Waals surface area contributed by atoms with Gasteiger partial charge in [0.25, 0.3) is 0 Å². The topological polar surface area (TPSA) is 202 Å². The van der Waals surface area contributed by atoms with Crippen molar-refractivity contribution in [3.63, 3.8) is 0 Å². The maximum atomic E-state index is 12.7. The third-order valence-electron chi connectivity index (χ3n) is 20.2. The number of Topliss-reactive ketones (excluding diaryl/α,β-unsaturated/α-hetero) is 2. The molecule has 1 N–H and O–H groups in total. The number of carboxylic acid groups (broad SMARTS) is 1. The number of aromatic carboxylic acids is 1. The van der Waals surface area contributed by atoms with Gasteiger partial charge in [-0.25, -0.2) is 4.79 Å². The van der Waals surface area contributed by atoms with Crippen LogP contribution in [0.2, 0.25) is 0 Å². The van der Waals surface area contributed by atoms with Crippen molar-refractivity contribution >= 4 is 17.5 Å². The number of ether oxygens (including phenoxy) is 7. The fourth-order valence-corrected chi connectivity index (χ4v) is 15.8. The second-order valence-electron chi connectivity index (χ2n) is 28.0. The number of carbonyl (C=O) groups is 3. The Morgan fingerprint density at radius 2 is 0.826 bits per heavy atom. The summed E-state index contributed by atoms with van der Waals surface area (Å²) in [6.07, 6.45) is 14.2. The van der Waals surface area contributed by atoms with Crippen LogP contribution in [0.25, 0.3) is 33.8 Å². The van der Waals surface area contributed by atoms with Gasteiger partial charge in [-0.05, 0) is 155 Å². The smallest absolute Gasteiger partial charge is 0.341 e. The Labute approximate surface area is 540 Å². The molecule has 3 fully saturated rings. The summed E-state index contributed by atoms with van der Waals surface area (Å²) in [6, 6.07) is 17.8. The maximum Gasteiger partial charge on any atom is 0.341 e. The first-order valence-corrected chi connectivity index (χ1v) is 32.7. The fraction of sp³-hybridized carbons (Fsp3) is 0.520. The summed E-state index contributed by atoms with van der Waals surface area (Å²) in [5, 5.41) is 9.55. The summed E-state index contributed by atoms with van der Waals surface area (Å²) >= 11 is 0. The van der Waals surface area contributed by atoms with E-state index in [0.717, 1.165) is 125 Å². The molecule has 2 saturated carbocycles. The van der Waals surface area contributed by atoms with Crippen molar-refractivity contribution in [3.05, 3.63) is 154 Å². The van der Waals surface area contributed by atoms with Crippen LogP contribution in [0.15, 0.2) is 87.6 Å². The number of hydrogen-bond acceptors (Lipinski definition) is 13. The fourth-order valence-electron chi connectivity index (χ4n) is 15.8. The summed E-state index contributed by atoms with van der Waals surface area (Å²) < 4.78 is 46.1. The first-order chi connectivity index (χ1) is 43.7. The summed E-state index contributed by atoms with van der Waals surface area (Å²) in [7, 11) is 5.07. The van der Waals surface area contributed by atoms with Crippen molar-refractivity contribution in [1.29, 1.82) is 0 Å². The van der Waals surface area contributed by atoms with Gasteiger partial charge in [0.15, 0.2) is 27.9 Å². The van der Waals surface area contributed by atoms with E-state index < -0.39 is 17.0 Å². The minimum Gasteiger partial charge on any atom is -0.493 e. The van der Waals surface area contributed by atoms with Crippen LogP contribution in [-0.2, 0) is 18.9 Å². The lowest BCUT2D eigenvalue weighted by atomic mass is 9.63. The van der Waals surface area contributed by atoms with E-state index in [-0.39, 0.29) is 79.9 Å². The van der Waals surface area contributed by atoms with Gasteiger partial charge in [-0.1, -0.05) is 40.5 Å². The molecule has 12 rings (SSSR count). The van der Waals surface area contributed by atoms with Crippen LogP contribution in [0.1, 0.15) is 214 Å². The second-order valence-corrected chi connectivity index (χ2v) is 28.0. The standard InChI is InChI=1S/C26H33NO4.C25H31NO5.C24H29NO5/c1-16-12-20-19(13-24(16)31-11-7-10-30-5)18-8-6-9-26(3,4)25(18)27-15-21(17(2)28)23(29)14-22(20)27;1-15-11-18-17(12-22(15)31-10-6-9-30-4)16-7-5-8-25(2,3)23(16)26-14-19(24(28)29)21(27)13-20(18)26;1-14-9-17-16(10-22(14)29-8-6-7-28-5)19-13-30-24(3,4)23(19)25-12-18(15(2)26)21(27)11-20(17)25/h12-15,18,25H,6-11H2,1-5H3;11-14,16,23H,5-10H2,1-4H3,(H,28,29);9-12,19,23H,6-8,13H2,1-5H3/t;;19-,23?/m..1/s1. The predicted molar refractivity (Wildman–Crippen MR) is 356 cm³/mol. The molecule has 4 aliphatic heterocycles.